The minimum Gasteiger partial charge on any atom is -0.480 e. The molecule has 28 heavy (non-hydrogen) atoms. The van der Waals surface area contributed by atoms with E-state index >= 15 is 0 Å². The van der Waals surface area contributed by atoms with E-state index in [0.717, 1.165) is 6.42 Å². The summed E-state index contributed by atoms with van der Waals surface area (Å²) in [5.41, 5.74) is 0. The van der Waals surface area contributed by atoms with Crippen molar-refractivity contribution in [3.05, 3.63) is 0 Å². The number of nitrogens with zero attached hydrogens (tertiary/aromatic N) is 1. The van der Waals surface area contributed by atoms with Crippen LogP contribution in [0.1, 0.15) is 32.6 Å². The summed E-state index contributed by atoms with van der Waals surface area (Å²) < 4.78 is 0. The number of hydrogen-bond donors (Lipinski definition) is 6. The highest BCUT2D eigenvalue weighted by Crippen LogP contribution is 2.19. The maximum absolute atomic E-state index is 12.8. The molecule has 0 aromatic heterocycles. The SMILES string of the molecule is CC(O)C(NC(=O)C1CCCN1C(=O)C(CO)NC(=O)C1CCCN1)C(=O)O. The van der Waals surface area contributed by atoms with Crippen molar-refractivity contribution >= 4 is 23.7 Å². The number of carbonyl (C=O) groups excluding carboxylic acids is 3. The molecule has 6 N–H and O–H groups in total. The second kappa shape index (κ2) is 9.80. The number of hydrogen-bond acceptors (Lipinski definition) is 7. The van der Waals surface area contributed by atoms with Gasteiger partial charge in [0.25, 0.3) is 0 Å². The Labute approximate surface area is 162 Å². The van der Waals surface area contributed by atoms with Crippen molar-refractivity contribution in [2.24, 2.45) is 0 Å². The standard InChI is InChI=1S/C17H28N4O7/c1-9(23)13(17(27)28)20-15(25)12-5-3-7-21(12)16(26)11(8-22)19-14(24)10-4-2-6-18-10/h9-13,18,22-23H,2-8H2,1H3,(H,19,24)(H,20,25)(H,27,28). The van der Waals surface area contributed by atoms with Gasteiger partial charge in [-0.05, 0) is 39.2 Å². The van der Waals surface area contributed by atoms with E-state index in [2.05, 4.69) is 16.0 Å². The molecule has 2 heterocycles. The summed E-state index contributed by atoms with van der Waals surface area (Å²) in [7, 11) is 0. The van der Waals surface area contributed by atoms with Crippen molar-refractivity contribution < 1.29 is 34.5 Å². The molecule has 5 atom stereocenters. The van der Waals surface area contributed by atoms with E-state index in [9.17, 15) is 29.4 Å². The van der Waals surface area contributed by atoms with Gasteiger partial charge in [-0.25, -0.2) is 4.79 Å². The molecule has 0 radical (unpaired) electrons. The normalized spacial score (nSPS) is 25.0. The Morgan fingerprint density at radius 3 is 2.39 bits per heavy atom. The third-order valence-corrected chi connectivity index (χ3v) is 5.06. The van der Waals surface area contributed by atoms with Crippen LogP contribution in [0.25, 0.3) is 0 Å². The van der Waals surface area contributed by atoms with Crippen LogP contribution in [0.15, 0.2) is 0 Å². The van der Waals surface area contributed by atoms with Crippen LogP contribution in [-0.4, -0.2) is 93.9 Å². The molecule has 3 amide bonds. The minimum atomic E-state index is -1.49. The van der Waals surface area contributed by atoms with Crippen molar-refractivity contribution in [2.75, 3.05) is 19.7 Å². The number of likely N-dealkylation sites (tertiary alicyclic amines) is 1. The fourth-order valence-corrected chi connectivity index (χ4v) is 3.51. The lowest BCUT2D eigenvalue weighted by atomic mass is 10.1. The predicted octanol–water partition coefficient (Wildman–Crippen LogP) is -2.84. The number of amides is 3. The average Bonchev–Trinajstić information content (AvgIpc) is 3.34. The highest BCUT2D eigenvalue weighted by Gasteiger charge is 2.39. The number of carboxylic acids is 1. The van der Waals surface area contributed by atoms with Crippen LogP contribution < -0.4 is 16.0 Å². The first kappa shape index (κ1) is 22.1. The fraction of sp³-hybridized carbons (Fsp3) is 0.765. The topological polar surface area (TPSA) is 168 Å². The Morgan fingerprint density at radius 1 is 1.14 bits per heavy atom. The smallest absolute Gasteiger partial charge is 0.328 e. The molecule has 2 fully saturated rings. The lowest BCUT2D eigenvalue weighted by molar-refractivity contribution is -0.147. The first-order valence-corrected chi connectivity index (χ1v) is 9.42. The minimum absolute atomic E-state index is 0.247. The van der Waals surface area contributed by atoms with Crippen LogP contribution in [0, 0.1) is 0 Å². The van der Waals surface area contributed by atoms with Gasteiger partial charge in [0.1, 0.15) is 12.1 Å². The average molecular weight is 400 g/mol. The maximum atomic E-state index is 12.8. The molecule has 0 aliphatic carbocycles. The van der Waals surface area contributed by atoms with Gasteiger partial charge in [-0.2, -0.15) is 0 Å². The molecule has 0 bridgehead atoms. The summed E-state index contributed by atoms with van der Waals surface area (Å²) >= 11 is 0. The zero-order chi connectivity index (χ0) is 20.8. The number of rotatable bonds is 8. The fourth-order valence-electron chi connectivity index (χ4n) is 3.51. The van der Waals surface area contributed by atoms with Gasteiger partial charge in [0.2, 0.25) is 17.7 Å². The molecule has 0 saturated carbocycles. The molecule has 0 aromatic rings. The summed E-state index contributed by atoms with van der Waals surface area (Å²) in [6.45, 7) is 1.58. The molecular formula is C17H28N4O7. The molecule has 5 unspecified atom stereocenters. The summed E-state index contributed by atoms with van der Waals surface area (Å²) in [5.74, 6) is -3.07. The Hall–Kier alpha value is -2.24. The summed E-state index contributed by atoms with van der Waals surface area (Å²) in [6, 6.07) is -4.02. The Balaban J connectivity index is 2.02. The second-order valence-electron chi connectivity index (χ2n) is 7.15. The molecule has 2 rings (SSSR count). The van der Waals surface area contributed by atoms with E-state index in [-0.39, 0.29) is 12.5 Å². The zero-order valence-electron chi connectivity index (χ0n) is 15.8. The van der Waals surface area contributed by atoms with Gasteiger partial charge in [0, 0.05) is 6.54 Å². The molecule has 158 valence electrons. The zero-order valence-corrected chi connectivity index (χ0v) is 15.8. The van der Waals surface area contributed by atoms with Crippen LogP contribution in [0.5, 0.6) is 0 Å². The summed E-state index contributed by atoms with van der Waals surface area (Å²) in [5, 5.41) is 35.9. The number of carbonyl (C=O) groups is 4. The van der Waals surface area contributed by atoms with Gasteiger partial charge in [-0.15, -0.1) is 0 Å². The van der Waals surface area contributed by atoms with Crippen LogP contribution in [0.3, 0.4) is 0 Å². The van der Waals surface area contributed by atoms with Gasteiger partial charge in [-0.3, -0.25) is 14.4 Å². The first-order chi connectivity index (χ1) is 13.3. The molecule has 0 spiro atoms. The Bertz CT molecular complexity index is 606. The molecule has 11 heteroatoms. The number of nitrogens with one attached hydrogen (secondary N) is 3. The van der Waals surface area contributed by atoms with E-state index in [1.165, 1.54) is 11.8 Å². The van der Waals surface area contributed by atoms with E-state index in [0.29, 0.717) is 25.8 Å². The molecular weight excluding hydrogens is 372 g/mol. The summed E-state index contributed by atoms with van der Waals surface area (Å²) in [4.78, 5) is 49.9. The number of aliphatic carboxylic acids is 1. The monoisotopic (exact) mass is 400 g/mol. The van der Waals surface area contributed by atoms with Crippen molar-refractivity contribution in [3.63, 3.8) is 0 Å². The molecule has 2 aliphatic rings. The third kappa shape index (κ3) is 5.18. The van der Waals surface area contributed by atoms with Crippen molar-refractivity contribution in [3.8, 4) is 0 Å². The number of aliphatic hydroxyl groups excluding tert-OH is 2. The van der Waals surface area contributed by atoms with Gasteiger partial charge < -0.3 is 36.2 Å². The van der Waals surface area contributed by atoms with E-state index in [4.69, 9.17) is 5.11 Å². The van der Waals surface area contributed by atoms with Crippen LogP contribution >= 0.6 is 0 Å². The van der Waals surface area contributed by atoms with Gasteiger partial charge in [-0.1, -0.05) is 0 Å². The molecule has 0 aromatic carbocycles. The van der Waals surface area contributed by atoms with Crippen LogP contribution in [0.4, 0.5) is 0 Å². The highest BCUT2D eigenvalue weighted by molar-refractivity contribution is 5.94. The van der Waals surface area contributed by atoms with E-state index < -0.39 is 54.7 Å². The Morgan fingerprint density at radius 2 is 1.86 bits per heavy atom. The lowest BCUT2D eigenvalue weighted by Gasteiger charge is -2.29. The Kier molecular flexibility index (Phi) is 7.72. The maximum Gasteiger partial charge on any atom is 0.328 e. The third-order valence-electron chi connectivity index (χ3n) is 5.06. The summed E-state index contributed by atoms with van der Waals surface area (Å²) in [6.07, 6.45) is 1.02. The quantitative estimate of drug-likeness (QED) is 0.253. The van der Waals surface area contributed by atoms with Crippen molar-refractivity contribution in [1.29, 1.82) is 0 Å². The largest absolute Gasteiger partial charge is 0.480 e. The van der Waals surface area contributed by atoms with Crippen LogP contribution in [-0.2, 0) is 19.2 Å². The van der Waals surface area contributed by atoms with Gasteiger partial charge in [0.15, 0.2) is 6.04 Å². The molecule has 2 aliphatic heterocycles. The molecule has 11 nitrogen and oxygen atoms in total. The lowest BCUT2D eigenvalue weighted by Crippen LogP contribution is -2.58. The van der Waals surface area contributed by atoms with Gasteiger partial charge in [0.05, 0.1) is 18.8 Å². The highest BCUT2D eigenvalue weighted by atomic mass is 16.4. The van der Waals surface area contributed by atoms with Crippen LogP contribution in [0.2, 0.25) is 0 Å². The van der Waals surface area contributed by atoms with E-state index in [1.807, 2.05) is 0 Å². The molecule has 2 saturated heterocycles. The second-order valence-corrected chi connectivity index (χ2v) is 7.15. The number of aliphatic hydroxyl groups is 2. The first-order valence-electron chi connectivity index (χ1n) is 9.42. The van der Waals surface area contributed by atoms with Crippen molar-refractivity contribution in [2.45, 2.75) is 62.9 Å². The number of carboxylic acid groups (broad SMARTS) is 1. The van der Waals surface area contributed by atoms with Gasteiger partial charge >= 0.3 is 5.97 Å². The van der Waals surface area contributed by atoms with Crippen molar-refractivity contribution in [1.82, 2.24) is 20.9 Å². The predicted molar refractivity (Wildman–Crippen MR) is 96.0 cm³/mol. The van der Waals surface area contributed by atoms with E-state index in [1.54, 1.807) is 0 Å².